The average Bonchev–Trinajstić information content (AvgIpc) is 2.91. The van der Waals surface area contributed by atoms with Crippen LogP contribution in [0.15, 0.2) is 39.6 Å². The van der Waals surface area contributed by atoms with E-state index in [9.17, 15) is 29.1 Å². The largest absolute Gasteiger partial charge is 0.504 e. The van der Waals surface area contributed by atoms with Crippen LogP contribution in [0, 0.1) is 0 Å². The summed E-state index contributed by atoms with van der Waals surface area (Å²) in [7, 11) is 0. The van der Waals surface area contributed by atoms with E-state index in [1.807, 2.05) is 19.1 Å². The zero-order valence-electron chi connectivity index (χ0n) is 24.4. The molecule has 0 spiro atoms. The minimum atomic E-state index is -1.50. The number of esters is 4. The second kappa shape index (κ2) is 15.0. The number of hydrogen-bond acceptors (Lipinski definition) is 14. The van der Waals surface area contributed by atoms with Crippen LogP contribution >= 0.6 is 0 Å². The fourth-order valence-electron chi connectivity index (χ4n) is 4.28. The molecule has 2 heterocycles. The Morgan fingerprint density at radius 3 is 2.19 bits per heavy atom. The molecule has 1 aliphatic heterocycles. The van der Waals surface area contributed by atoms with E-state index in [-0.39, 0.29) is 29.1 Å². The van der Waals surface area contributed by atoms with Crippen LogP contribution in [0.4, 0.5) is 0 Å². The van der Waals surface area contributed by atoms with Crippen LogP contribution in [0.2, 0.25) is 0 Å². The molecule has 0 saturated carbocycles. The highest BCUT2D eigenvalue weighted by Gasteiger charge is 2.53. The molecule has 1 N–H and O–H groups in total. The highest BCUT2D eigenvalue weighted by molar-refractivity contribution is 5.86. The van der Waals surface area contributed by atoms with Crippen LogP contribution in [0.25, 0.3) is 11.0 Å². The summed E-state index contributed by atoms with van der Waals surface area (Å²) in [5.74, 6) is -3.78. The van der Waals surface area contributed by atoms with Crippen molar-refractivity contribution in [2.24, 2.45) is 0 Å². The minimum absolute atomic E-state index is 0.0225. The number of carbonyl (C=O) groups excluding carboxylic acids is 4. The molecule has 0 radical (unpaired) electrons. The van der Waals surface area contributed by atoms with Gasteiger partial charge in [-0.3, -0.25) is 19.2 Å². The molecule has 0 bridgehead atoms. The Bertz CT molecular complexity index is 1410. The molecule has 0 aliphatic carbocycles. The second-order valence-electron chi connectivity index (χ2n) is 9.43. The summed E-state index contributed by atoms with van der Waals surface area (Å²) in [6.07, 6.45) is -1.77. The number of aromatic hydroxyl groups is 1. The van der Waals surface area contributed by atoms with Crippen molar-refractivity contribution in [2.75, 3.05) is 13.2 Å². The van der Waals surface area contributed by atoms with E-state index in [0.29, 0.717) is 6.42 Å². The number of carbonyl (C=O) groups is 4. The van der Waals surface area contributed by atoms with E-state index in [4.69, 9.17) is 37.6 Å². The van der Waals surface area contributed by atoms with Gasteiger partial charge in [-0.25, -0.2) is 4.79 Å². The molecule has 14 nitrogen and oxygen atoms in total. The summed E-state index contributed by atoms with van der Waals surface area (Å²) in [5.41, 5.74) is -0.988. The molecule has 3 rings (SSSR count). The molecule has 43 heavy (non-hydrogen) atoms. The van der Waals surface area contributed by atoms with Crippen LogP contribution in [0.5, 0.6) is 17.2 Å². The summed E-state index contributed by atoms with van der Waals surface area (Å²) in [4.78, 5) is 60.0. The average molecular weight is 607 g/mol. The number of hydrogen-bond donors (Lipinski definition) is 1. The first-order valence-corrected chi connectivity index (χ1v) is 13.5. The summed E-state index contributed by atoms with van der Waals surface area (Å²) in [6.45, 7) is 6.14. The maximum atomic E-state index is 12.6. The van der Waals surface area contributed by atoms with Crippen molar-refractivity contribution in [3.63, 3.8) is 0 Å². The van der Waals surface area contributed by atoms with E-state index in [2.05, 4.69) is 0 Å². The van der Waals surface area contributed by atoms with Crippen molar-refractivity contribution in [1.29, 1.82) is 0 Å². The van der Waals surface area contributed by atoms with E-state index < -0.39 is 72.6 Å². The molecule has 234 valence electrons. The Labute approximate surface area is 246 Å². The maximum absolute atomic E-state index is 12.6. The third kappa shape index (κ3) is 8.95. The molecule has 1 fully saturated rings. The molecule has 2 aromatic rings. The van der Waals surface area contributed by atoms with Crippen molar-refractivity contribution in [1.82, 2.24) is 0 Å². The number of fused-ring (bicyclic) bond motifs is 1. The highest BCUT2D eigenvalue weighted by atomic mass is 16.7. The van der Waals surface area contributed by atoms with E-state index in [1.165, 1.54) is 18.2 Å². The van der Waals surface area contributed by atoms with Crippen molar-refractivity contribution < 1.29 is 61.9 Å². The standard InChI is InChI=1S/C29H34O14/c1-6-7-8-9-12-36-25-23(34)20-11-10-19(13-21(20)42-28(25)35)41-29-27(40-18(5)33)26(39-17(4)32)24(38-16(3)31)22(43-29)14-37-15(2)30/h7-8,10-11,13,22,24,26-27,29,34H,6,9,12,14H2,1-5H3/b8-7+/t22-,24-,26+,27-,29-/m1/s1. The van der Waals surface area contributed by atoms with Crippen molar-refractivity contribution in [3.8, 4) is 17.2 Å². The molecular formula is C29H34O14. The molecule has 1 aromatic heterocycles. The van der Waals surface area contributed by atoms with Gasteiger partial charge in [-0.05, 0) is 25.0 Å². The predicted molar refractivity (Wildman–Crippen MR) is 146 cm³/mol. The van der Waals surface area contributed by atoms with Gasteiger partial charge in [0, 0.05) is 33.8 Å². The monoisotopic (exact) mass is 606 g/mol. The lowest BCUT2D eigenvalue weighted by Crippen LogP contribution is -2.63. The Hall–Kier alpha value is -4.59. The van der Waals surface area contributed by atoms with Crippen LogP contribution in [-0.4, -0.2) is 72.9 Å². The van der Waals surface area contributed by atoms with Gasteiger partial charge >= 0.3 is 29.5 Å². The third-order valence-electron chi connectivity index (χ3n) is 5.95. The van der Waals surface area contributed by atoms with Gasteiger partial charge in [0.25, 0.3) is 0 Å². The molecule has 5 atom stereocenters. The topological polar surface area (TPSA) is 183 Å². The van der Waals surface area contributed by atoms with Gasteiger partial charge in [-0.15, -0.1) is 0 Å². The Morgan fingerprint density at radius 1 is 0.907 bits per heavy atom. The summed E-state index contributed by atoms with van der Waals surface area (Å²) < 4.78 is 43.8. The smallest absolute Gasteiger partial charge is 0.383 e. The fraction of sp³-hybridized carbons (Fsp3) is 0.483. The van der Waals surface area contributed by atoms with Crippen LogP contribution in [-0.2, 0) is 42.9 Å². The van der Waals surface area contributed by atoms with Crippen LogP contribution in [0.1, 0.15) is 47.5 Å². The van der Waals surface area contributed by atoms with Gasteiger partial charge in [-0.2, -0.15) is 0 Å². The highest BCUT2D eigenvalue weighted by Crippen LogP contribution is 2.35. The summed E-state index contributed by atoms with van der Waals surface area (Å²) in [5, 5.41) is 10.8. The van der Waals surface area contributed by atoms with Crippen LogP contribution in [0.3, 0.4) is 0 Å². The van der Waals surface area contributed by atoms with Gasteiger partial charge in [-0.1, -0.05) is 19.1 Å². The number of benzene rings is 1. The van der Waals surface area contributed by atoms with E-state index >= 15 is 0 Å². The van der Waals surface area contributed by atoms with Gasteiger partial charge in [0.05, 0.1) is 12.0 Å². The molecule has 14 heteroatoms. The lowest BCUT2D eigenvalue weighted by Gasteiger charge is -2.43. The summed E-state index contributed by atoms with van der Waals surface area (Å²) in [6, 6.07) is 4.08. The summed E-state index contributed by atoms with van der Waals surface area (Å²) >= 11 is 0. The van der Waals surface area contributed by atoms with Gasteiger partial charge in [0.2, 0.25) is 18.1 Å². The molecule has 0 amide bonds. The van der Waals surface area contributed by atoms with Gasteiger partial charge in [0.15, 0.2) is 18.0 Å². The molecule has 0 unspecified atom stereocenters. The van der Waals surface area contributed by atoms with Crippen LogP contribution < -0.4 is 15.1 Å². The Balaban J connectivity index is 1.96. The normalized spacial score (nSPS) is 21.7. The van der Waals surface area contributed by atoms with E-state index in [1.54, 1.807) is 0 Å². The SMILES string of the molecule is CC/C=C/CCOc1c(O)c2ccc(O[C@@H]3O[C@H](COC(C)=O)[C@@H](OC(C)=O)[C@H](OC(C)=O)[C@H]3OC(C)=O)cc2oc1=O. The zero-order valence-corrected chi connectivity index (χ0v) is 24.4. The van der Waals surface area contributed by atoms with Crippen molar-refractivity contribution in [3.05, 3.63) is 40.8 Å². The second-order valence-corrected chi connectivity index (χ2v) is 9.43. The zero-order chi connectivity index (χ0) is 31.7. The molecule has 1 aliphatic rings. The molecule has 1 aromatic carbocycles. The molecular weight excluding hydrogens is 572 g/mol. The first-order valence-electron chi connectivity index (χ1n) is 13.5. The predicted octanol–water partition coefficient (Wildman–Crippen LogP) is 2.70. The third-order valence-corrected chi connectivity index (χ3v) is 5.95. The Morgan fingerprint density at radius 2 is 1.56 bits per heavy atom. The fourth-order valence-corrected chi connectivity index (χ4v) is 4.28. The van der Waals surface area contributed by atoms with Crippen molar-refractivity contribution in [2.45, 2.75) is 78.2 Å². The number of allylic oxidation sites excluding steroid dienone is 1. The minimum Gasteiger partial charge on any atom is -0.504 e. The first kappa shape index (κ1) is 32.9. The maximum Gasteiger partial charge on any atom is 0.383 e. The Kier molecular flexibility index (Phi) is 11.5. The lowest BCUT2D eigenvalue weighted by atomic mass is 9.98. The number of ether oxygens (including phenoxy) is 7. The number of rotatable bonds is 12. The molecule has 1 saturated heterocycles. The lowest BCUT2D eigenvalue weighted by molar-refractivity contribution is -0.288. The van der Waals surface area contributed by atoms with Gasteiger partial charge < -0.3 is 42.7 Å². The first-order chi connectivity index (χ1) is 20.4. The van der Waals surface area contributed by atoms with E-state index in [0.717, 1.165) is 34.1 Å². The van der Waals surface area contributed by atoms with Gasteiger partial charge in [0.1, 0.15) is 24.0 Å². The quantitative estimate of drug-likeness (QED) is 0.122. The van der Waals surface area contributed by atoms with Crippen molar-refractivity contribution >= 4 is 34.8 Å².